The molecule has 0 unspecified atom stereocenters. The van der Waals surface area contributed by atoms with Crippen molar-refractivity contribution in [1.29, 1.82) is 0 Å². The molecule has 0 amide bonds. The Kier molecular flexibility index (Phi) is 6.24. The van der Waals surface area contributed by atoms with Crippen molar-refractivity contribution in [1.82, 2.24) is 4.90 Å². The van der Waals surface area contributed by atoms with E-state index in [1.165, 1.54) is 13.2 Å². The molecule has 0 aliphatic rings. The van der Waals surface area contributed by atoms with Crippen molar-refractivity contribution in [3.63, 3.8) is 0 Å². The lowest BCUT2D eigenvalue weighted by Gasteiger charge is -2.20. The molecular weight excluding hydrogens is 248 g/mol. The zero-order valence-corrected chi connectivity index (χ0v) is 11.3. The summed E-state index contributed by atoms with van der Waals surface area (Å²) >= 11 is 0. The number of rotatable bonds is 8. The van der Waals surface area contributed by atoms with Crippen LogP contribution < -0.4 is 4.74 Å². The van der Waals surface area contributed by atoms with Gasteiger partial charge in [-0.1, -0.05) is 13.0 Å². The number of ether oxygens (including phenoxy) is 1. The van der Waals surface area contributed by atoms with Crippen LogP contribution in [0.25, 0.3) is 0 Å². The van der Waals surface area contributed by atoms with Gasteiger partial charge in [0.25, 0.3) is 0 Å². The van der Waals surface area contributed by atoms with Crippen LogP contribution in [-0.2, 0) is 6.54 Å². The molecule has 6 nitrogen and oxygen atoms in total. The first kappa shape index (κ1) is 15.4. The van der Waals surface area contributed by atoms with Crippen LogP contribution in [0, 0.1) is 10.1 Å². The van der Waals surface area contributed by atoms with Crippen molar-refractivity contribution < 1.29 is 14.8 Å². The van der Waals surface area contributed by atoms with Gasteiger partial charge >= 0.3 is 5.69 Å². The van der Waals surface area contributed by atoms with Crippen LogP contribution in [0.4, 0.5) is 5.69 Å². The van der Waals surface area contributed by atoms with E-state index < -0.39 is 4.92 Å². The average molecular weight is 268 g/mol. The molecule has 6 heteroatoms. The molecule has 0 radical (unpaired) electrons. The van der Waals surface area contributed by atoms with Crippen molar-refractivity contribution >= 4 is 5.69 Å². The summed E-state index contributed by atoms with van der Waals surface area (Å²) in [6.45, 7) is 4.28. The normalized spacial score (nSPS) is 10.7. The molecule has 1 rings (SSSR count). The Morgan fingerprint density at radius 1 is 1.42 bits per heavy atom. The Bertz CT molecular complexity index is 417. The fraction of sp³-hybridized carbons (Fsp3) is 0.538. The Hall–Kier alpha value is -1.66. The summed E-state index contributed by atoms with van der Waals surface area (Å²) in [4.78, 5) is 12.4. The predicted octanol–water partition coefficient (Wildman–Crippen LogP) is 1.81. The summed E-state index contributed by atoms with van der Waals surface area (Å²) in [6, 6.07) is 4.86. The minimum Gasteiger partial charge on any atom is -0.490 e. The molecule has 106 valence electrons. The Morgan fingerprint density at radius 3 is 2.68 bits per heavy atom. The quantitative estimate of drug-likeness (QED) is 0.575. The van der Waals surface area contributed by atoms with Crippen LogP contribution >= 0.6 is 0 Å². The lowest BCUT2D eigenvalue weighted by Crippen LogP contribution is -2.27. The van der Waals surface area contributed by atoms with Gasteiger partial charge in [-0.2, -0.15) is 0 Å². The summed E-state index contributed by atoms with van der Waals surface area (Å²) in [5.74, 6) is 0.267. The number of hydrogen-bond donors (Lipinski definition) is 1. The van der Waals surface area contributed by atoms with Crippen molar-refractivity contribution in [3.8, 4) is 5.75 Å². The number of aliphatic hydroxyl groups is 1. The summed E-state index contributed by atoms with van der Waals surface area (Å²) in [6.07, 6.45) is 0.990. The molecule has 0 fully saturated rings. The molecule has 0 aliphatic heterocycles. The molecule has 0 aromatic heterocycles. The van der Waals surface area contributed by atoms with E-state index in [4.69, 9.17) is 9.84 Å². The summed E-state index contributed by atoms with van der Waals surface area (Å²) in [7, 11) is 1.42. The van der Waals surface area contributed by atoms with Gasteiger partial charge < -0.3 is 9.84 Å². The maximum atomic E-state index is 10.8. The Balaban J connectivity index is 2.86. The highest BCUT2D eigenvalue weighted by atomic mass is 16.6. The van der Waals surface area contributed by atoms with Gasteiger partial charge in [0.1, 0.15) is 0 Å². The molecule has 1 aromatic carbocycles. The fourth-order valence-corrected chi connectivity index (χ4v) is 1.96. The van der Waals surface area contributed by atoms with Gasteiger partial charge in [0, 0.05) is 19.2 Å². The van der Waals surface area contributed by atoms with Gasteiger partial charge in [-0.25, -0.2) is 0 Å². The molecule has 19 heavy (non-hydrogen) atoms. The number of aliphatic hydroxyl groups excluding tert-OH is 1. The number of nitrogens with zero attached hydrogens (tertiary/aromatic N) is 2. The zero-order chi connectivity index (χ0) is 14.3. The second-order valence-electron chi connectivity index (χ2n) is 4.26. The van der Waals surface area contributed by atoms with Crippen molar-refractivity contribution in [2.24, 2.45) is 0 Å². The molecule has 1 aromatic rings. The van der Waals surface area contributed by atoms with E-state index in [-0.39, 0.29) is 18.0 Å². The second kappa shape index (κ2) is 7.70. The standard InChI is InChI=1S/C13H20N2O4/c1-3-6-14(7-8-16)10-11-4-5-12(15(17)18)13(9-11)19-2/h4-5,9,16H,3,6-8,10H2,1-2H3. The number of hydrogen-bond acceptors (Lipinski definition) is 5. The van der Waals surface area contributed by atoms with Gasteiger partial charge in [-0.15, -0.1) is 0 Å². The highest BCUT2D eigenvalue weighted by Gasteiger charge is 2.15. The highest BCUT2D eigenvalue weighted by molar-refractivity contribution is 5.48. The molecule has 0 saturated carbocycles. The first-order chi connectivity index (χ1) is 9.12. The third kappa shape index (κ3) is 4.50. The number of methoxy groups -OCH3 is 1. The third-order valence-electron chi connectivity index (χ3n) is 2.80. The summed E-state index contributed by atoms with van der Waals surface area (Å²) < 4.78 is 5.04. The molecular formula is C13H20N2O4. The third-order valence-corrected chi connectivity index (χ3v) is 2.80. The van der Waals surface area contributed by atoms with E-state index >= 15 is 0 Å². The average Bonchev–Trinajstić information content (AvgIpc) is 2.38. The van der Waals surface area contributed by atoms with Gasteiger partial charge in [-0.05, 0) is 24.6 Å². The molecule has 0 saturated heterocycles. The monoisotopic (exact) mass is 268 g/mol. The van der Waals surface area contributed by atoms with Crippen LogP contribution in [0.15, 0.2) is 18.2 Å². The van der Waals surface area contributed by atoms with E-state index in [9.17, 15) is 10.1 Å². The van der Waals surface area contributed by atoms with Crippen molar-refractivity contribution in [2.75, 3.05) is 26.8 Å². The number of nitro groups is 1. The van der Waals surface area contributed by atoms with E-state index in [1.54, 1.807) is 12.1 Å². The van der Waals surface area contributed by atoms with Crippen molar-refractivity contribution in [2.45, 2.75) is 19.9 Å². The summed E-state index contributed by atoms with van der Waals surface area (Å²) in [5, 5.41) is 19.8. The van der Waals surface area contributed by atoms with Crippen LogP contribution in [0.5, 0.6) is 5.75 Å². The first-order valence-electron chi connectivity index (χ1n) is 6.26. The highest BCUT2D eigenvalue weighted by Crippen LogP contribution is 2.27. The van der Waals surface area contributed by atoms with Crippen LogP contribution in [0.2, 0.25) is 0 Å². The summed E-state index contributed by atoms with van der Waals surface area (Å²) in [5.41, 5.74) is 0.903. The van der Waals surface area contributed by atoms with Crippen LogP contribution in [0.1, 0.15) is 18.9 Å². The topological polar surface area (TPSA) is 75.8 Å². The van der Waals surface area contributed by atoms with E-state index in [0.717, 1.165) is 18.5 Å². The number of nitro benzene ring substituents is 1. The second-order valence-corrected chi connectivity index (χ2v) is 4.26. The van der Waals surface area contributed by atoms with E-state index in [2.05, 4.69) is 11.8 Å². The van der Waals surface area contributed by atoms with E-state index in [1.807, 2.05) is 0 Å². The SMILES string of the molecule is CCCN(CCO)Cc1ccc([N+](=O)[O-])c(OC)c1. The molecule has 0 bridgehead atoms. The Labute approximate surface area is 112 Å². The van der Waals surface area contributed by atoms with Gasteiger partial charge in [0.15, 0.2) is 5.75 Å². The van der Waals surface area contributed by atoms with Crippen molar-refractivity contribution in [3.05, 3.63) is 33.9 Å². The fourth-order valence-electron chi connectivity index (χ4n) is 1.96. The zero-order valence-electron chi connectivity index (χ0n) is 11.3. The molecule has 0 spiro atoms. The van der Waals surface area contributed by atoms with Crippen LogP contribution in [-0.4, -0.2) is 41.7 Å². The maximum Gasteiger partial charge on any atom is 0.310 e. The smallest absolute Gasteiger partial charge is 0.310 e. The van der Waals surface area contributed by atoms with Crippen LogP contribution in [0.3, 0.4) is 0 Å². The largest absolute Gasteiger partial charge is 0.490 e. The van der Waals surface area contributed by atoms with Gasteiger partial charge in [-0.3, -0.25) is 15.0 Å². The number of benzene rings is 1. The minimum absolute atomic E-state index is 0.0320. The van der Waals surface area contributed by atoms with Gasteiger partial charge in [0.05, 0.1) is 18.6 Å². The molecule has 0 atom stereocenters. The van der Waals surface area contributed by atoms with E-state index in [0.29, 0.717) is 13.1 Å². The Morgan fingerprint density at radius 2 is 2.16 bits per heavy atom. The van der Waals surface area contributed by atoms with Gasteiger partial charge in [0.2, 0.25) is 0 Å². The predicted molar refractivity (Wildman–Crippen MR) is 72.3 cm³/mol. The molecule has 1 N–H and O–H groups in total. The molecule has 0 aliphatic carbocycles. The minimum atomic E-state index is -0.458. The lowest BCUT2D eigenvalue weighted by molar-refractivity contribution is -0.385. The first-order valence-corrected chi connectivity index (χ1v) is 6.26. The molecule has 0 heterocycles. The maximum absolute atomic E-state index is 10.8. The lowest BCUT2D eigenvalue weighted by atomic mass is 10.1.